The number of fused-ring (bicyclic) bond motifs is 1. The molecule has 0 spiro atoms. The zero-order valence-electron chi connectivity index (χ0n) is 11.3. The molecule has 1 aliphatic rings. The molecule has 1 aromatic heterocycles. The third kappa shape index (κ3) is 2.80. The van der Waals surface area contributed by atoms with Gasteiger partial charge in [-0.2, -0.15) is 0 Å². The van der Waals surface area contributed by atoms with Gasteiger partial charge in [0, 0.05) is 10.4 Å². The smallest absolute Gasteiger partial charge is 0.134 e. The Morgan fingerprint density at radius 1 is 1.32 bits per heavy atom. The molecule has 1 heterocycles. The van der Waals surface area contributed by atoms with Crippen molar-refractivity contribution in [1.82, 2.24) is 5.32 Å². The lowest BCUT2D eigenvalue weighted by atomic mass is 9.97. The summed E-state index contributed by atoms with van der Waals surface area (Å²) in [5, 5.41) is 5.25. The minimum Gasteiger partial charge on any atom is -0.459 e. The number of furan rings is 1. The van der Waals surface area contributed by atoms with Gasteiger partial charge >= 0.3 is 0 Å². The van der Waals surface area contributed by atoms with E-state index < -0.39 is 0 Å². The first kappa shape index (κ1) is 13.0. The summed E-state index contributed by atoms with van der Waals surface area (Å²) < 4.78 is 5.97. The van der Waals surface area contributed by atoms with E-state index in [1.807, 2.05) is 25.2 Å². The summed E-state index contributed by atoms with van der Waals surface area (Å²) in [4.78, 5) is 0. The maximum absolute atomic E-state index is 6.02. The summed E-state index contributed by atoms with van der Waals surface area (Å²) in [6.07, 6.45) is 6.67. The second-order valence-electron chi connectivity index (χ2n) is 5.56. The van der Waals surface area contributed by atoms with Crippen molar-refractivity contribution in [3.8, 4) is 0 Å². The Balaban J connectivity index is 1.83. The van der Waals surface area contributed by atoms with Gasteiger partial charge in [0.1, 0.15) is 11.3 Å². The topological polar surface area (TPSA) is 25.2 Å². The third-order valence-corrected chi connectivity index (χ3v) is 4.47. The van der Waals surface area contributed by atoms with Crippen LogP contribution in [0.15, 0.2) is 28.7 Å². The van der Waals surface area contributed by atoms with E-state index in [0.717, 1.165) is 27.7 Å². The van der Waals surface area contributed by atoms with Gasteiger partial charge in [0.2, 0.25) is 0 Å². The monoisotopic (exact) mass is 277 g/mol. The second kappa shape index (κ2) is 5.56. The van der Waals surface area contributed by atoms with Crippen LogP contribution in [-0.2, 0) is 0 Å². The molecule has 1 aliphatic carbocycles. The molecule has 3 heteroatoms. The Bertz CT molecular complexity index is 557. The quantitative estimate of drug-likeness (QED) is 0.857. The van der Waals surface area contributed by atoms with Crippen LogP contribution in [0.1, 0.15) is 43.9 Å². The highest BCUT2D eigenvalue weighted by molar-refractivity contribution is 6.31. The van der Waals surface area contributed by atoms with Crippen LogP contribution in [0.4, 0.5) is 0 Å². The number of halogens is 1. The number of hydrogen-bond acceptors (Lipinski definition) is 2. The molecule has 102 valence electrons. The van der Waals surface area contributed by atoms with Gasteiger partial charge in [-0.1, -0.05) is 37.3 Å². The Kier molecular flexibility index (Phi) is 3.81. The SMILES string of the molecule is CNC(CC1CCCC1)c1cc2cc(Cl)ccc2o1. The third-order valence-electron chi connectivity index (χ3n) is 4.23. The van der Waals surface area contributed by atoms with Crippen LogP contribution in [0.25, 0.3) is 11.0 Å². The molecular formula is C16H20ClNO. The summed E-state index contributed by atoms with van der Waals surface area (Å²) in [5.41, 5.74) is 0.922. The van der Waals surface area contributed by atoms with Crippen LogP contribution >= 0.6 is 11.6 Å². The standard InChI is InChI=1S/C16H20ClNO/c1-18-14(8-11-4-2-3-5-11)16-10-12-9-13(17)6-7-15(12)19-16/h6-7,9-11,14,18H,2-5,8H2,1H3. The highest BCUT2D eigenvalue weighted by atomic mass is 35.5. The van der Waals surface area contributed by atoms with Gasteiger partial charge in [-0.3, -0.25) is 0 Å². The molecule has 0 radical (unpaired) electrons. The first-order chi connectivity index (χ1) is 9.26. The van der Waals surface area contributed by atoms with E-state index in [1.54, 1.807) is 0 Å². The molecule has 1 fully saturated rings. The molecular weight excluding hydrogens is 258 g/mol. The van der Waals surface area contributed by atoms with Crippen LogP contribution in [0.5, 0.6) is 0 Å². The molecule has 1 saturated carbocycles. The fraction of sp³-hybridized carbons (Fsp3) is 0.500. The van der Waals surface area contributed by atoms with Gasteiger partial charge in [0.15, 0.2) is 0 Å². The minimum atomic E-state index is 0.314. The predicted molar refractivity (Wildman–Crippen MR) is 79.6 cm³/mol. The van der Waals surface area contributed by atoms with Gasteiger partial charge < -0.3 is 9.73 Å². The van der Waals surface area contributed by atoms with Crippen molar-refractivity contribution in [1.29, 1.82) is 0 Å². The zero-order chi connectivity index (χ0) is 13.2. The molecule has 1 N–H and O–H groups in total. The average Bonchev–Trinajstić information content (AvgIpc) is 3.03. The molecule has 19 heavy (non-hydrogen) atoms. The molecule has 2 aromatic rings. The number of rotatable bonds is 4. The first-order valence-electron chi connectivity index (χ1n) is 7.12. The van der Waals surface area contributed by atoms with Gasteiger partial charge in [0.05, 0.1) is 6.04 Å². The largest absolute Gasteiger partial charge is 0.459 e. The summed E-state index contributed by atoms with van der Waals surface area (Å²) >= 11 is 6.02. The molecule has 0 aliphatic heterocycles. The van der Waals surface area contributed by atoms with Crippen molar-refractivity contribution in [3.63, 3.8) is 0 Å². The van der Waals surface area contributed by atoms with Crippen LogP contribution < -0.4 is 5.32 Å². The van der Waals surface area contributed by atoms with E-state index in [0.29, 0.717) is 6.04 Å². The van der Waals surface area contributed by atoms with Crippen LogP contribution in [0.3, 0.4) is 0 Å². The van der Waals surface area contributed by atoms with Gasteiger partial charge in [-0.15, -0.1) is 0 Å². The van der Waals surface area contributed by atoms with E-state index in [-0.39, 0.29) is 0 Å². The summed E-state index contributed by atoms with van der Waals surface area (Å²) in [6, 6.07) is 8.23. The highest BCUT2D eigenvalue weighted by Gasteiger charge is 2.22. The lowest BCUT2D eigenvalue weighted by Gasteiger charge is -2.17. The Hall–Kier alpha value is -0.990. The number of hydrogen-bond donors (Lipinski definition) is 1. The van der Waals surface area contributed by atoms with E-state index in [9.17, 15) is 0 Å². The normalized spacial score (nSPS) is 18.2. The number of nitrogens with one attached hydrogen (secondary N) is 1. The summed E-state index contributed by atoms with van der Waals surface area (Å²) in [6.45, 7) is 0. The molecule has 0 saturated heterocycles. The van der Waals surface area contributed by atoms with E-state index in [1.165, 1.54) is 32.1 Å². The molecule has 0 bridgehead atoms. The van der Waals surface area contributed by atoms with Gasteiger partial charge in [-0.05, 0) is 43.7 Å². The first-order valence-corrected chi connectivity index (χ1v) is 7.50. The second-order valence-corrected chi connectivity index (χ2v) is 5.99. The molecule has 1 atom stereocenters. The fourth-order valence-electron chi connectivity index (χ4n) is 3.16. The Morgan fingerprint density at radius 2 is 2.11 bits per heavy atom. The Morgan fingerprint density at radius 3 is 2.84 bits per heavy atom. The molecule has 2 nitrogen and oxygen atoms in total. The summed E-state index contributed by atoms with van der Waals surface area (Å²) in [5.74, 6) is 1.88. The minimum absolute atomic E-state index is 0.314. The van der Waals surface area contributed by atoms with Crippen molar-refractivity contribution in [2.24, 2.45) is 5.92 Å². The molecule has 0 amide bonds. The maximum Gasteiger partial charge on any atom is 0.134 e. The van der Waals surface area contributed by atoms with Crippen molar-refractivity contribution in [2.75, 3.05) is 7.05 Å². The number of benzene rings is 1. The van der Waals surface area contributed by atoms with Crippen molar-refractivity contribution >= 4 is 22.6 Å². The van der Waals surface area contributed by atoms with Crippen molar-refractivity contribution < 1.29 is 4.42 Å². The molecule has 1 aromatic carbocycles. The summed E-state index contributed by atoms with van der Waals surface area (Å²) in [7, 11) is 2.01. The average molecular weight is 278 g/mol. The van der Waals surface area contributed by atoms with Crippen LogP contribution in [0.2, 0.25) is 5.02 Å². The lowest BCUT2D eigenvalue weighted by Crippen LogP contribution is -2.18. The van der Waals surface area contributed by atoms with Gasteiger partial charge in [-0.25, -0.2) is 0 Å². The molecule has 1 unspecified atom stereocenters. The fourth-order valence-corrected chi connectivity index (χ4v) is 3.34. The maximum atomic E-state index is 6.02. The highest BCUT2D eigenvalue weighted by Crippen LogP contribution is 2.35. The van der Waals surface area contributed by atoms with Crippen LogP contribution in [0, 0.1) is 5.92 Å². The molecule has 3 rings (SSSR count). The zero-order valence-corrected chi connectivity index (χ0v) is 12.0. The van der Waals surface area contributed by atoms with Crippen LogP contribution in [-0.4, -0.2) is 7.05 Å². The predicted octanol–water partition coefficient (Wildman–Crippen LogP) is 4.93. The van der Waals surface area contributed by atoms with Crippen molar-refractivity contribution in [2.45, 2.75) is 38.1 Å². The lowest BCUT2D eigenvalue weighted by molar-refractivity contribution is 0.365. The van der Waals surface area contributed by atoms with E-state index >= 15 is 0 Å². The van der Waals surface area contributed by atoms with E-state index in [2.05, 4.69) is 11.4 Å². The van der Waals surface area contributed by atoms with Crippen molar-refractivity contribution in [3.05, 3.63) is 35.0 Å². The van der Waals surface area contributed by atoms with Gasteiger partial charge in [0.25, 0.3) is 0 Å². The van der Waals surface area contributed by atoms with E-state index in [4.69, 9.17) is 16.0 Å². The Labute approximate surface area is 119 Å².